The second kappa shape index (κ2) is 5.90. The van der Waals surface area contributed by atoms with E-state index in [2.05, 4.69) is 0 Å². The van der Waals surface area contributed by atoms with Crippen LogP contribution in [0.4, 0.5) is 0 Å². The largest absolute Gasteiger partial charge is 0.304 e. The quantitative estimate of drug-likeness (QED) is 0.928. The highest BCUT2D eigenvalue weighted by Gasteiger charge is 2.33. The van der Waals surface area contributed by atoms with Crippen LogP contribution in [0.15, 0.2) is 54.6 Å². The van der Waals surface area contributed by atoms with Crippen LogP contribution in [0, 0.1) is 0 Å². The third kappa shape index (κ3) is 3.18. The first-order valence-corrected chi connectivity index (χ1v) is 8.40. The molecule has 0 radical (unpaired) electrons. The molecular formula is C16H16N2O3S. The van der Waals surface area contributed by atoms with E-state index in [1.54, 1.807) is 0 Å². The Balaban J connectivity index is 1.84. The SMILES string of the molecule is O=C1CN(Cc2ccccc2Cc2ccccc2)S(=O)(=O)N1. The Bertz CT molecular complexity index is 788. The summed E-state index contributed by atoms with van der Waals surface area (Å²) in [6.45, 7) is 0.0755. The monoisotopic (exact) mass is 316 g/mol. The first-order chi connectivity index (χ1) is 10.5. The highest BCUT2D eigenvalue weighted by molar-refractivity contribution is 7.88. The van der Waals surface area contributed by atoms with Gasteiger partial charge in [-0.2, -0.15) is 12.7 Å². The number of nitrogens with zero attached hydrogens (tertiary/aromatic N) is 1. The van der Waals surface area contributed by atoms with Gasteiger partial charge in [-0.25, -0.2) is 4.72 Å². The van der Waals surface area contributed by atoms with Crippen molar-refractivity contribution < 1.29 is 13.2 Å². The van der Waals surface area contributed by atoms with Crippen LogP contribution in [0.3, 0.4) is 0 Å². The molecule has 1 heterocycles. The van der Waals surface area contributed by atoms with Gasteiger partial charge in [-0.1, -0.05) is 54.6 Å². The molecule has 1 fully saturated rings. The molecular weight excluding hydrogens is 300 g/mol. The fraction of sp³-hybridized carbons (Fsp3) is 0.188. The summed E-state index contributed by atoms with van der Waals surface area (Å²) in [6.07, 6.45) is 0.728. The molecule has 2 aromatic carbocycles. The molecule has 5 nitrogen and oxygen atoms in total. The minimum absolute atomic E-state index is 0.123. The molecule has 1 amide bonds. The van der Waals surface area contributed by atoms with Gasteiger partial charge in [-0.15, -0.1) is 0 Å². The van der Waals surface area contributed by atoms with Crippen LogP contribution in [0.2, 0.25) is 0 Å². The predicted molar refractivity (Wildman–Crippen MR) is 83.2 cm³/mol. The first-order valence-electron chi connectivity index (χ1n) is 6.96. The molecule has 1 N–H and O–H groups in total. The molecule has 0 atom stereocenters. The van der Waals surface area contributed by atoms with Gasteiger partial charge in [0.25, 0.3) is 0 Å². The molecule has 114 valence electrons. The number of benzene rings is 2. The van der Waals surface area contributed by atoms with Gasteiger partial charge in [0.1, 0.15) is 0 Å². The van der Waals surface area contributed by atoms with Gasteiger partial charge in [-0.3, -0.25) is 4.79 Å². The Hall–Kier alpha value is -2.18. The van der Waals surface area contributed by atoms with Gasteiger partial charge in [0.05, 0.1) is 6.54 Å². The fourth-order valence-corrected chi connectivity index (χ4v) is 3.59. The summed E-state index contributed by atoms with van der Waals surface area (Å²) in [5.41, 5.74) is 3.13. The number of amides is 1. The van der Waals surface area contributed by atoms with Gasteiger partial charge in [0, 0.05) is 6.54 Å². The van der Waals surface area contributed by atoms with E-state index in [-0.39, 0.29) is 13.1 Å². The molecule has 1 aliphatic rings. The molecule has 0 saturated carbocycles. The topological polar surface area (TPSA) is 66.5 Å². The van der Waals surface area contributed by atoms with Crippen LogP contribution in [0.5, 0.6) is 0 Å². The molecule has 0 spiro atoms. The van der Waals surface area contributed by atoms with Crippen LogP contribution in [-0.2, 0) is 28.0 Å². The van der Waals surface area contributed by atoms with Crippen molar-refractivity contribution in [3.8, 4) is 0 Å². The maximum atomic E-state index is 11.8. The molecule has 22 heavy (non-hydrogen) atoms. The molecule has 3 rings (SSSR count). The normalized spacial score (nSPS) is 17.4. The average Bonchev–Trinajstić information content (AvgIpc) is 2.74. The molecule has 1 saturated heterocycles. The van der Waals surface area contributed by atoms with Crippen molar-refractivity contribution in [1.82, 2.24) is 9.03 Å². The van der Waals surface area contributed by atoms with Crippen molar-refractivity contribution >= 4 is 16.1 Å². The number of rotatable bonds is 4. The molecule has 0 unspecified atom stereocenters. The van der Waals surface area contributed by atoms with E-state index in [9.17, 15) is 13.2 Å². The maximum Gasteiger partial charge on any atom is 0.304 e. The minimum Gasteiger partial charge on any atom is -0.272 e. The van der Waals surface area contributed by atoms with E-state index in [0.29, 0.717) is 0 Å². The third-order valence-electron chi connectivity index (χ3n) is 3.61. The Morgan fingerprint density at radius 1 is 0.955 bits per heavy atom. The first kappa shape index (κ1) is 14.7. The van der Waals surface area contributed by atoms with Gasteiger partial charge < -0.3 is 0 Å². The average molecular weight is 316 g/mol. The van der Waals surface area contributed by atoms with E-state index < -0.39 is 16.1 Å². The smallest absolute Gasteiger partial charge is 0.272 e. The second-order valence-corrected chi connectivity index (χ2v) is 6.90. The fourth-order valence-electron chi connectivity index (χ4n) is 2.52. The lowest BCUT2D eigenvalue weighted by molar-refractivity contribution is -0.118. The molecule has 0 aliphatic carbocycles. The van der Waals surface area contributed by atoms with Crippen LogP contribution in [-0.4, -0.2) is 25.2 Å². The lowest BCUT2D eigenvalue weighted by atomic mass is 10.00. The summed E-state index contributed by atoms with van der Waals surface area (Å²) in [4.78, 5) is 11.3. The number of carbonyl (C=O) groups is 1. The summed E-state index contributed by atoms with van der Waals surface area (Å²) in [5.74, 6) is -0.486. The third-order valence-corrected chi connectivity index (χ3v) is 5.03. The number of hydrogen-bond donors (Lipinski definition) is 1. The zero-order valence-corrected chi connectivity index (χ0v) is 12.7. The predicted octanol–water partition coefficient (Wildman–Crippen LogP) is 1.45. The maximum absolute atomic E-state index is 11.8. The van der Waals surface area contributed by atoms with Gasteiger partial charge in [-0.05, 0) is 23.1 Å². The molecule has 0 aromatic heterocycles. The second-order valence-electron chi connectivity index (χ2n) is 5.23. The van der Waals surface area contributed by atoms with Gasteiger partial charge >= 0.3 is 10.2 Å². The Labute approximate surface area is 129 Å². The van der Waals surface area contributed by atoms with Crippen LogP contribution >= 0.6 is 0 Å². The van der Waals surface area contributed by atoms with Crippen molar-refractivity contribution in [2.45, 2.75) is 13.0 Å². The lowest BCUT2D eigenvalue weighted by Gasteiger charge is -2.15. The number of hydrogen-bond acceptors (Lipinski definition) is 3. The lowest BCUT2D eigenvalue weighted by Crippen LogP contribution is -2.29. The zero-order chi connectivity index (χ0) is 15.6. The van der Waals surface area contributed by atoms with E-state index in [4.69, 9.17) is 0 Å². The van der Waals surface area contributed by atoms with Crippen molar-refractivity contribution in [3.63, 3.8) is 0 Å². The number of nitrogens with one attached hydrogen (secondary N) is 1. The minimum atomic E-state index is -3.69. The van der Waals surface area contributed by atoms with Crippen LogP contribution in [0.1, 0.15) is 16.7 Å². The molecule has 0 bridgehead atoms. The van der Waals surface area contributed by atoms with Gasteiger partial charge in [0.15, 0.2) is 0 Å². The van der Waals surface area contributed by atoms with Crippen molar-refractivity contribution in [1.29, 1.82) is 0 Å². The highest BCUT2D eigenvalue weighted by Crippen LogP contribution is 2.19. The zero-order valence-electron chi connectivity index (χ0n) is 11.9. The van der Waals surface area contributed by atoms with Crippen molar-refractivity contribution in [2.75, 3.05) is 6.54 Å². The Morgan fingerprint density at radius 2 is 1.59 bits per heavy atom. The molecule has 2 aromatic rings. The van der Waals surface area contributed by atoms with Crippen molar-refractivity contribution in [2.24, 2.45) is 0 Å². The standard InChI is InChI=1S/C16H16N2O3S/c19-16-12-18(22(20,21)17-16)11-15-9-5-4-8-14(15)10-13-6-2-1-3-7-13/h1-9H,10-12H2,(H,17,19). The van der Waals surface area contributed by atoms with E-state index in [0.717, 1.165) is 23.1 Å². The van der Waals surface area contributed by atoms with E-state index in [1.165, 1.54) is 4.31 Å². The summed E-state index contributed by atoms with van der Waals surface area (Å²) in [6, 6.07) is 17.7. The Kier molecular flexibility index (Phi) is 3.96. The summed E-state index contributed by atoms with van der Waals surface area (Å²) < 4.78 is 26.8. The highest BCUT2D eigenvalue weighted by atomic mass is 32.2. The number of carbonyl (C=O) groups excluding carboxylic acids is 1. The summed E-state index contributed by atoms with van der Waals surface area (Å²) in [7, 11) is -3.69. The van der Waals surface area contributed by atoms with Gasteiger partial charge in [0.2, 0.25) is 5.91 Å². The van der Waals surface area contributed by atoms with E-state index >= 15 is 0 Å². The Morgan fingerprint density at radius 3 is 2.23 bits per heavy atom. The van der Waals surface area contributed by atoms with E-state index in [1.807, 2.05) is 59.3 Å². The van der Waals surface area contributed by atoms with Crippen LogP contribution < -0.4 is 4.72 Å². The summed E-state index contributed by atoms with van der Waals surface area (Å²) >= 11 is 0. The van der Waals surface area contributed by atoms with Crippen molar-refractivity contribution in [3.05, 3.63) is 71.3 Å². The summed E-state index contributed by atoms with van der Waals surface area (Å²) in [5, 5.41) is 0. The van der Waals surface area contributed by atoms with Crippen LogP contribution in [0.25, 0.3) is 0 Å². The molecule has 6 heteroatoms. The molecule has 1 aliphatic heterocycles.